The van der Waals surface area contributed by atoms with Crippen molar-refractivity contribution < 1.29 is 4.42 Å². The molecule has 0 unspecified atom stereocenters. The number of nitrogens with one attached hydrogen (secondary N) is 1. The van der Waals surface area contributed by atoms with E-state index in [1.165, 1.54) is 34.9 Å². The monoisotopic (exact) mass is 257 g/mol. The second kappa shape index (κ2) is 4.38. The molecule has 1 saturated carbocycles. The number of rotatable bonds is 3. The molecule has 3 rings (SSSR count). The molecule has 0 radical (unpaired) electrons. The van der Waals surface area contributed by atoms with Gasteiger partial charge in [0.2, 0.25) is 0 Å². The van der Waals surface area contributed by atoms with Gasteiger partial charge in [0.05, 0.1) is 6.26 Å². The van der Waals surface area contributed by atoms with Gasteiger partial charge >= 0.3 is 0 Å². The van der Waals surface area contributed by atoms with Crippen LogP contribution in [0.5, 0.6) is 0 Å². The number of aryl methyl sites for hydroxylation is 1. The maximum Gasteiger partial charge on any atom is 0.138 e. The topological polar surface area (TPSA) is 25.2 Å². The van der Waals surface area contributed by atoms with Gasteiger partial charge in [0.25, 0.3) is 0 Å². The Bertz CT molecular complexity index is 599. The van der Waals surface area contributed by atoms with Crippen molar-refractivity contribution in [2.45, 2.75) is 58.5 Å². The van der Waals surface area contributed by atoms with E-state index < -0.39 is 0 Å². The van der Waals surface area contributed by atoms with E-state index in [1.54, 1.807) is 0 Å². The third-order valence-corrected chi connectivity index (χ3v) is 3.97. The van der Waals surface area contributed by atoms with Gasteiger partial charge in [0.15, 0.2) is 0 Å². The first-order chi connectivity index (χ1) is 8.97. The molecule has 0 atom stereocenters. The number of fused-ring (bicyclic) bond motifs is 1. The second-order valence-electron chi connectivity index (χ2n) is 6.80. The van der Waals surface area contributed by atoms with Crippen molar-refractivity contribution >= 4 is 11.0 Å². The van der Waals surface area contributed by atoms with Crippen LogP contribution >= 0.6 is 0 Å². The van der Waals surface area contributed by atoms with Gasteiger partial charge in [-0.1, -0.05) is 32.9 Å². The average molecular weight is 257 g/mol. The summed E-state index contributed by atoms with van der Waals surface area (Å²) in [7, 11) is 0. The van der Waals surface area contributed by atoms with Gasteiger partial charge in [0, 0.05) is 29.1 Å². The van der Waals surface area contributed by atoms with Crippen LogP contribution in [0.3, 0.4) is 0 Å². The van der Waals surface area contributed by atoms with E-state index in [0.717, 1.165) is 18.2 Å². The van der Waals surface area contributed by atoms with Crippen LogP contribution in [0.2, 0.25) is 0 Å². The number of furan rings is 1. The largest absolute Gasteiger partial charge is 0.464 e. The zero-order chi connectivity index (χ0) is 13.6. The highest BCUT2D eigenvalue weighted by atomic mass is 16.3. The fourth-order valence-electron chi connectivity index (χ4n) is 2.65. The molecule has 1 N–H and O–H groups in total. The minimum absolute atomic E-state index is 0.116. The van der Waals surface area contributed by atoms with E-state index in [1.807, 2.05) is 6.26 Å². The molecule has 1 heterocycles. The molecule has 19 heavy (non-hydrogen) atoms. The van der Waals surface area contributed by atoms with E-state index >= 15 is 0 Å². The van der Waals surface area contributed by atoms with Gasteiger partial charge in [-0.15, -0.1) is 0 Å². The van der Waals surface area contributed by atoms with Gasteiger partial charge in [-0.05, 0) is 30.7 Å². The first kappa shape index (κ1) is 12.7. The minimum atomic E-state index is 0.116. The van der Waals surface area contributed by atoms with Crippen LogP contribution in [0.4, 0.5) is 0 Å². The fraction of sp³-hybridized carbons (Fsp3) is 0.529. The van der Waals surface area contributed by atoms with Gasteiger partial charge in [-0.2, -0.15) is 0 Å². The first-order valence-electron chi connectivity index (χ1n) is 7.20. The Kier molecular flexibility index (Phi) is 2.94. The molecular formula is C17H23NO. The quantitative estimate of drug-likeness (QED) is 0.887. The molecule has 0 bridgehead atoms. The lowest BCUT2D eigenvalue weighted by molar-refractivity contribution is 0.555. The molecule has 1 aromatic heterocycles. The molecule has 2 heteroatoms. The predicted molar refractivity (Wildman–Crippen MR) is 79.5 cm³/mol. The molecule has 1 aliphatic carbocycles. The SMILES string of the molecule is Cc1ccc(C(C)(C)C)c2occ(CNC3CC3)c12. The van der Waals surface area contributed by atoms with Crippen molar-refractivity contribution in [3.63, 3.8) is 0 Å². The summed E-state index contributed by atoms with van der Waals surface area (Å²) in [6.07, 6.45) is 4.58. The molecule has 102 valence electrons. The van der Waals surface area contributed by atoms with Gasteiger partial charge in [0.1, 0.15) is 5.58 Å². The second-order valence-corrected chi connectivity index (χ2v) is 6.80. The van der Waals surface area contributed by atoms with E-state index in [2.05, 4.69) is 45.1 Å². The summed E-state index contributed by atoms with van der Waals surface area (Å²) >= 11 is 0. The minimum Gasteiger partial charge on any atom is -0.464 e. The van der Waals surface area contributed by atoms with Crippen LogP contribution in [0, 0.1) is 6.92 Å². The Morgan fingerprint density at radius 1 is 1.26 bits per heavy atom. The molecule has 1 fully saturated rings. The molecule has 0 amide bonds. The van der Waals surface area contributed by atoms with Crippen molar-refractivity contribution in [2.75, 3.05) is 0 Å². The number of benzene rings is 1. The molecule has 1 aromatic carbocycles. The highest BCUT2D eigenvalue weighted by molar-refractivity contribution is 5.87. The third kappa shape index (κ3) is 2.42. The highest BCUT2D eigenvalue weighted by Gasteiger charge is 2.23. The maximum atomic E-state index is 5.90. The van der Waals surface area contributed by atoms with E-state index in [4.69, 9.17) is 4.42 Å². The lowest BCUT2D eigenvalue weighted by Crippen LogP contribution is -2.15. The summed E-state index contributed by atoms with van der Waals surface area (Å²) in [5.41, 5.74) is 5.09. The standard InChI is InChI=1S/C17H23NO/c1-11-5-8-14(17(2,3)4)16-15(11)12(10-19-16)9-18-13-6-7-13/h5,8,10,13,18H,6-7,9H2,1-4H3. The van der Waals surface area contributed by atoms with Crippen molar-refractivity contribution in [3.05, 3.63) is 35.1 Å². The normalized spacial score (nSPS) is 16.2. The first-order valence-corrected chi connectivity index (χ1v) is 7.20. The molecule has 0 aliphatic heterocycles. The van der Waals surface area contributed by atoms with Crippen molar-refractivity contribution in [3.8, 4) is 0 Å². The van der Waals surface area contributed by atoms with Crippen molar-refractivity contribution in [2.24, 2.45) is 0 Å². The average Bonchev–Trinajstić information content (AvgIpc) is 3.05. The predicted octanol–water partition coefficient (Wildman–Crippen LogP) is 4.29. The van der Waals surface area contributed by atoms with Crippen LogP contribution < -0.4 is 5.32 Å². The molecule has 0 spiro atoms. The highest BCUT2D eigenvalue weighted by Crippen LogP contribution is 2.34. The van der Waals surface area contributed by atoms with Crippen LogP contribution in [0.25, 0.3) is 11.0 Å². The van der Waals surface area contributed by atoms with Crippen LogP contribution in [0.15, 0.2) is 22.8 Å². The van der Waals surface area contributed by atoms with Crippen LogP contribution in [-0.2, 0) is 12.0 Å². The van der Waals surface area contributed by atoms with Crippen LogP contribution in [-0.4, -0.2) is 6.04 Å². The van der Waals surface area contributed by atoms with Crippen molar-refractivity contribution in [1.82, 2.24) is 5.32 Å². The summed E-state index contributed by atoms with van der Waals surface area (Å²) < 4.78 is 5.90. The summed E-state index contributed by atoms with van der Waals surface area (Å²) in [6.45, 7) is 9.81. The zero-order valence-corrected chi connectivity index (χ0v) is 12.3. The van der Waals surface area contributed by atoms with Crippen LogP contribution in [0.1, 0.15) is 50.3 Å². The Labute approximate surface area is 115 Å². The molecular weight excluding hydrogens is 234 g/mol. The summed E-state index contributed by atoms with van der Waals surface area (Å²) in [6, 6.07) is 5.16. The van der Waals surface area contributed by atoms with Crippen molar-refractivity contribution in [1.29, 1.82) is 0 Å². The lowest BCUT2D eigenvalue weighted by atomic mass is 9.85. The van der Waals surface area contributed by atoms with Gasteiger partial charge in [-0.25, -0.2) is 0 Å². The lowest BCUT2D eigenvalue weighted by Gasteiger charge is -2.19. The molecule has 2 aromatic rings. The fourth-order valence-corrected chi connectivity index (χ4v) is 2.65. The maximum absolute atomic E-state index is 5.90. The smallest absolute Gasteiger partial charge is 0.138 e. The zero-order valence-electron chi connectivity index (χ0n) is 12.3. The Hall–Kier alpha value is -1.28. The molecule has 1 aliphatic rings. The Morgan fingerprint density at radius 3 is 2.63 bits per heavy atom. The Morgan fingerprint density at radius 2 is 2.00 bits per heavy atom. The third-order valence-electron chi connectivity index (χ3n) is 3.97. The molecule has 0 saturated heterocycles. The number of hydrogen-bond donors (Lipinski definition) is 1. The van der Waals surface area contributed by atoms with E-state index in [-0.39, 0.29) is 5.41 Å². The Balaban J connectivity index is 2.05. The van der Waals surface area contributed by atoms with E-state index in [0.29, 0.717) is 0 Å². The van der Waals surface area contributed by atoms with Gasteiger partial charge in [-0.3, -0.25) is 0 Å². The van der Waals surface area contributed by atoms with Gasteiger partial charge < -0.3 is 9.73 Å². The summed E-state index contributed by atoms with van der Waals surface area (Å²) in [5, 5.41) is 4.88. The number of hydrogen-bond acceptors (Lipinski definition) is 2. The molecule has 2 nitrogen and oxygen atoms in total. The summed E-state index contributed by atoms with van der Waals surface area (Å²) in [5.74, 6) is 0. The van der Waals surface area contributed by atoms with E-state index in [9.17, 15) is 0 Å². The summed E-state index contributed by atoms with van der Waals surface area (Å²) in [4.78, 5) is 0.